The highest BCUT2D eigenvalue weighted by atomic mass is 32.1. The first-order chi connectivity index (χ1) is 27.6. The van der Waals surface area contributed by atoms with Gasteiger partial charge in [-0.3, -0.25) is 0 Å². The number of halogens is 1. The Morgan fingerprint density at radius 3 is 1.92 bits per heavy atom. The molecule has 2 nitrogen and oxygen atoms in total. The fraction of sp³-hybridized carbons (Fsp3) is 0.407. The smallest absolute Gasteiger partial charge is 0.254 e. The first-order valence-corrected chi connectivity index (χ1v) is 22.8. The van der Waals surface area contributed by atoms with E-state index in [0.717, 1.165) is 48.4 Å². The van der Waals surface area contributed by atoms with Crippen molar-refractivity contribution in [2.24, 2.45) is 0 Å². The molecule has 2 aliphatic heterocycles. The molecule has 59 heavy (non-hydrogen) atoms. The van der Waals surface area contributed by atoms with Crippen LogP contribution in [-0.2, 0) is 27.1 Å². The SMILES string of the molecule is Cc1ccc2sc3c(c2c1)B1c2ccc4c(c2N(c2ccc5c(c2)C(C)(C)CCC5(C)C)c2cc(F)cc(c21)N3c1ccc(C(C)(C)C)cc1C)C(C)(C)CCC4(C)C. The normalized spacial score (nSPS) is 19.2. The molecule has 4 aliphatic rings. The summed E-state index contributed by atoms with van der Waals surface area (Å²) in [5, 5.41) is 2.50. The predicted octanol–water partition coefficient (Wildman–Crippen LogP) is 13.7. The molecule has 0 bridgehead atoms. The molecule has 5 heteroatoms. The minimum Gasteiger partial charge on any atom is -0.311 e. The van der Waals surface area contributed by atoms with E-state index in [0.29, 0.717) is 0 Å². The highest BCUT2D eigenvalue weighted by Crippen LogP contribution is 2.56. The van der Waals surface area contributed by atoms with Crippen molar-refractivity contribution >= 4 is 78.0 Å². The molecule has 3 heterocycles. The number of aryl methyl sites for hydroxylation is 2. The summed E-state index contributed by atoms with van der Waals surface area (Å²) < 4.78 is 18.3. The second-order valence-corrected chi connectivity index (χ2v) is 23.3. The summed E-state index contributed by atoms with van der Waals surface area (Å²) in [4.78, 5) is 4.94. The Labute approximate surface area is 356 Å². The quantitative estimate of drug-likeness (QED) is 0.161. The van der Waals surface area contributed by atoms with Crippen LogP contribution in [0.4, 0.5) is 37.8 Å². The van der Waals surface area contributed by atoms with E-state index < -0.39 is 0 Å². The summed E-state index contributed by atoms with van der Waals surface area (Å²) in [6, 6.07) is 29.8. The molecule has 0 atom stereocenters. The third-order valence-corrected chi connectivity index (χ3v) is 16.3. The van der Waals surface area contributed by atoms with Crippen molar-refractivity contribution in [3.63, 3.8) is 0 Å². The Bertz CT molecular complexity index is 2780. The lowest BCUT2D eigenvalue weighted by molar-refractivity contribution is 0.331. The number of hydrogen-bond donors (Lipinski definition) is 0. The van der Waals surface area contributed by atoms with Crippen molar-refractivity contribution in [1.82, 2.24) is 0 Å². The topological polar surface area (TPSA) is 6.48 Å². The van der Waals surface area contributed by atoms with Crippen LogP contribution in [0.5, 0.6) is 0 Å². The fourth-order valence-corrected chi connectivity index (χ4v) is 12.7. The molecule has 0 N–H and O–H groups in total. The predicted molar refractivity (Wildman–Crippen MR) is 255 cm³/mol. The Hall–Kier alpha value is -4.35. The number of benzene rings is 5. The van der Waals surface area contributed by atoms with Gasteiger partial charge >= 0.3 is 0 Å². The van der Waals surface area contributed by atoms with Gasteiger partial charge in [0.15, 0.2) is 0 Å². The average molecular weight is 799 g/mol. The second-order valence-electron chi connectivity index (χ2n) is 22.2. The van der Waals surface area contributed by atoms with Crippen LogP contribution < -0.4 is 26.2 Å². The van der Waals surface area contributed by atoms with E-state index in [4.69, 9.17) is 0 Å². The molecule has 2 aliphatic carbocycles. The fourth-order valence-electron chi connectivity index (χ4n) is 11.4. The first-order valence-electron chi connectivity index (χ1n) is 22.0. The van der Waals surface area contributed by atoms with E-state index in [-0.39, 0.29) is 39.6 Å². The van der Waals surface area contributed by atoms with Crippen LogP contribution in [0.1, 0.15) is 141 Å². The van der Waals surface area contributed by atoms with Crippen LogP contribution in [0.15, 0.2) is 78.9 Å². The summed E-state index contributed by atoms with van der Waals surface area (Å²) >= 11 is 1.85. The minimum absolute atomic E-state index is 0.0122. The van der Waals surface area contributed by atoms with Gasteiger partial charge in [-0.2, -0.15) is 0 Å². The Morgan fingerprint density at radius 2 is 1.24 bits per heavy atom. The second kappa shape index (κ2) is 12.4. The number of rotatable bonds is 2. The summed E-state index contributed by atoms with van der Waals surface area (Å²) in [5.74, 6) is -0.205. The molecule has 0 radical (unpaired) electrons. The molecule has 0 saturated heterocycles. The molecule has 5 aromatic carbocycles. The lowest BCUT2D eigenvalue weighted by atomic mass is 9.33. The van der Waals surface area contributed by atoms with Crippen molar-refractivity contribution in [3.8, 4) is 0 Å². The summed E-state index contributed by atoms with van der Waals surface area (Å²) in [7, 11) is 0. The van der Waals surface area contributed by atoms with Crippen LogP contribution in [-0.4, -0.2) is 6.71 Å². The number of anilines is 6. The van der Waals surface area contributed by atoms with Gasteiger partial charge in [0.2, 0.25) is 0 Å². The van der Waals surface area contributed by atoms with Gasteiger partial charge in [0.05, 0.1) is 5.00 Å². The van der Waals surface area contributed by atoms with Crippen molar-refractivity contribution < 1.29 is 4.39 Å². The van der Waals surface area contributed by atoms with E-state index in [1.54, 1.807) is 0 Å². The monoisotopic (exact) mass is 798 g/mol. The van der Waals surface area contributed by atoms with Crippen molar-refractivity contribution in [2.75, 3.05) is 9.80 Å². The van der Waals surface area contributed by atoms with Gasteiger partial charge < -0.3 is 9.80 Å². The maximum atomic E-state index is 17.1. The molecule has 6 aromatic rings. The van der Waals surface area contributed by atoms with Crippen LogP contribution in [0.25, 0.3) is 10.1 Å². The maximum Gasteiger partial charge on any atom is 0.254 e. The first kappa shape index (κ1) is 38.8. The highest BCUT2D eigenvalue weighted by Gasteiger charge is 2.50. The van der Waals surface area contributed by atoms with Crippen LogP contribution >= 0.6 is 11.3 Å². The van der Waals surface area contributed by atoms with Gasteiger partial charge in [-0.05, 0) is 158 Å². The van der Waals surface area contributed by atoms with E-state index in [2.05, 4.69) is 167 Å². The Balaban J connectivity index is 1.35. The van der Waals surface area contributed by atoms with Crippen molar-refractivity contribution in [3.05, 3.63) is 124 Å². The zero-order chi connectivity index (χ0) is 41.9. The molecule has 0 fully saturated rings. The van der Waals surface area contributed by atoms with E-state index in [9.17, 15) is 0 Å². The number of thiophene rings is 1. The lowest BCUT2D eigenvalue weighted by Gasteiger charge is -2.49. The van der Waals surface area contributed by atoms with Crippen LogP contribution in [0, 0.1) is 19.7 Å². The van der Waals surface area contributed by atoms with Crippen LogP contribution in [0.2, 0.25) is 0 Å². The zero-order valence-electron chi connectivity index (χ0n) is 37.6. The Kier molecular flexibility index (Phi) is 8.14. The van der Waals surface area contributed by atoms with E-state index in [1.165, 1.54) is 76.1 Å². The number of nitrogens with zero attached hydrogens (tertiary/aromatic N) is 2. The standard InChI is InChI=1S/C54H60BFN2S/c1-31-14-21-44-36(26-31)46-49(59-44)58(41-20-15-33(27-32(41)2)50(3,4)5)43-29-34(56)28-42-47(43)55(46)40-19-18-38-45(54(12,13)25-24-52(38,8)9)48(40)57(42)35-16-17-37-39(30-35)53(10,11)23-22-51(37,6)7/h14-21,26-30H,22-25H2,1-13H3. The molecule has 302 valence electrons. The van der Waals surface area contributed by atoms with Crippen molar-refractivity contribution in [1.29, 1.82) is 0 Å². The average Bonchev–Trinajstić information content (AvgIpc) is 3.52. The van der Waals surface area contributed by atoms with E-state index in [1.807, 2.05) is 23.5 Å². The molecular formula is C54H60BFN2S. The van der Waals surface area contributed by atoms with E-state index >= 15 is 4.39 Å². The molecule has 10 rings (SSSR count). The third-order valence-electron chi connectivity index (χ3n) is 15.1. The van der Waals surface area contributed by atoms with Gasteiger partial charge in [0.1, 0.15) is 5.82 Å². The minimum atomic E-state index is -0.205. The number of fused-ring (bicyclic) bond motifs is 9. The van der Waals surface area contributed by atoms with Gasteiger partial charge in [-0.25, -0.2) is 4.39 Å². The molecule has 0 spiro atoms. The molecule has 0 unspecified atom stereocenters. The van der Waals surface area contributed by atoms with Crippen LogP contribution in [0.3, 0.4) is 0 Å². The largest absolute Gasteiger partial charge is 0.311 e. The highest BCUT2D eigenvalue weighted by molar-refractivity contribution is 7.26. The summed E-state index contributed by atoms with van der Waals surface area (Å²) in [5.41, 5.74) is 18.8. The Morgan fingerprint density at radius 1 is 0.610 bits per heavy atom. The third kappa shape index (κ3) is 5.62. The molecule has 0 amide bonds. The van der Waals surface area contributed by atoms with Gasteiger partial charge in [0.25, 0.3) is 6.71 Å². The zero-order valence-corrected chi connectivity index (χ0v) is 38.4. The summed E-state index contributed by atoms with van der Waals surface area (Å²) in [6.45, 7) is 30.6. The maximum absolute atomic E-state index is 17.1. The molecule has 1 aromatic heterocycles. The van der Waals surface area contributed by atoms with Gasteiger partial charge in [0, 0.05) is 33.1 Å². The van der Waals surface area contributed by atoms with Gasteiger partial charge in [-0.15, -0.1) is 11.3 Å². The van der Waals surface area contributed by atoms with Crippen molar-refractivity contribution in [2.45, 2.75) is 143 Å². The lowest BCUT2D eigenvalue weighted by Crippen LogP contribution is -2.62. The summed E-state index contributed by atoms with van der Waals surface area (Å²) in [6.07, 6.45) is 4.53. The molecule has 0 saturated carbocycles. The number of hydrogen-bond acceptors (Lipinski definition) is 3. The van der Waals surface area contributed by atoms with Gasteiger partial charge in [-0.1, -0.05) is 124 Å². The molecular weight excluding hydrogens is 738 g/mol.